The molecular formula is C19H24N2O4. The standard InChI is InChI=1S/C19H24N2O4/c1-12(2)17-11-14(20-25-17)19(22)21-9-5-6-15(21)13-7-8-16(23-3)18(10-13)24-4/h7-8,10-12,15H,5-6,9H2,1-4H3/t15-/m0/s1. The fraction of sp³-hybridized carbons (Fsp3) is 0.474. The lowest BCUT2D eigenvalue weighted by Gasteiger charge is -2.24. The van der Waals surface area contributed by atoms with E-state index >= 15 is 0 Å². The first-order chi connectivity index (χ1) is 12.0. The van der Waals surface area contributed by atoms with Gasteiger partial charge in [-0.2, -0.15) is 0 Å². The van der Waals surface area contributed by atoms with Crippen LogP contribution in [0.15, 0.2) is 28.8 Å². The molecular weight excluding hydrogens is 320 g/mol. The van der Waals surface area contributed by atoms with Crippen LogP contribution in [-0.2, 0) is 0 Å². The van der Waals surface area contributed by atoms with Gasteiger partial charge in [0.25, 0.3) is 5.91 Å². The van der Waals surface area contributed by atoms with E-state index in [1.165, 1.54) is 0 Å². The number of likely N-dealkylation sites (tertiary alicyclic amines) is 1. The molecule has 3 rings (SSSR count). The maximum atomic E-state index is 12.9. The highest BCUT2D eigenvalue weighted by atomic mass is 16.5. The number of hydrogen-bond acceptors (Lipinski definition) is 5. The van der Waals surface area contributed by atoms with Crippen molar-refractivity contribution < 1.29 is 18.8 Å². The SMILES string of the molecule is COc1ccc([C@@H]2CCCN2C(=O)c2cc(C(C)C)on2)cc1OC. The van der Waals surface area contributed by atoms with Gasteiger partial charge in [-0.1, -0.05) is 25.1 Å². The van der Waals surface area contributed by atoms with Crippen LogP contribution in [0, 0.1) is 0 Å². The molecule has 1 aliphatic rings. The third kappa shape index (κ3) is 3.34. The number of methoxy groups -OCH3 is 2. The first-order valence-corrected chi connectivity index (χ1v) is 8.54. The van der Waals surface area contributed by atoms with Gasteiger partial charge in [0.2, 0.25) is 0 Å². The lowest BCUT2D eigenvalue weighted by Crippen LogP contribution is -2.30. The molecule has 1 amide bonds. The second-order valence-corrected chi connectivity index (χ2v) is 6.54. The van der Waals surface area contributed by atoms with Crippen molar-refractivity contribution in [1.29, 1.82) is 0 Å². The molecule has 6 nitrogen and oxygen atoms in total. The third-order valence-corrected chi connectivity index (χ3v) is 4.62. The molecule has 134 valence electrons. The number of ether oxygens (including phenoxy) is 2. The monoisotopic (exact) mass is 344 g/mol. The molecule has 0 radical (unpaired) electrons. The van der Waals surface area contributed by atoms with Crippen molar-refractivity contribution in [2.75, 3.05) is 20.8 Å². The molecule has 1 saturated heterocycles. The predicted molar refractivity (Wildman–Crippen MR) is 93.1 cm³/mol. The molecule has 1 aromatic carbocycles. The van der Waals surface area contributed by atoms with E-state index in [2.05, 4.69) is 5.16 Å². The van der Waals surface area contributed by atoms with Gasteiger partial charge < -0.3 is 18.9 Å². The Morgan fingerprint density at radius 2 is 2.00 bits per heavy atom. The summed E-state index contributed by atoms with van der Waals surface area (Å²) < 4.78 is 16.0. The summed E-state index contributed by atoms with van der Waals surface area (Å²) in [4.78, 5) is 14.8. The van der Waals surface area contributed by atoms with Crippen molar-refractivity contribution >= 4 is 5.91 Å². The summed E-state index contributed by atoms with van der Waals surface area (Å²) in [6.45, 7) is 4.73. The van der Waals surface area contributed by atoms with Crippen LogP contribution in [0.3, 0.4) is 0 Å². The molecule has 1 fully saturated rings. The van der Waals surface area contributed by atoms with Gasteiger partial charge in [-0.25, -0.2) is 0 Å². The Kier molecular flexibility index (Phi) is 4.97. The Bertz CT molecular complexity index is 754. The second-order valence-electron chi connectivity index (χ2n) is 6.54. The van der Waals surface area contributed by atoms with Crippen molar-refractivity contribution in [1.82, 2.24) is 10.1 Å². The molecule has 0 spiro atoms. The molecule has 0 aliphatic carbocycles. The number of hydrogen-bond donors (Lipinski definition) is 0. The third-order valence-electron chi connectivity index (χ3n) is 4.62. The summed E-state index contributed by atoms with van der Waals surface area (Å²) in [5, 5.41) is 3.96. The van der Waals surface area contributed by atoms with E-state index in [1.54, 1.807) is 20.3 Å². The first-order valence-electron chi connectivity index (χ1n) is 8.54. The normalized spacial score (nSPS) is 17.2. The van der Waals surface area contributed by atoms with Crippen LogP contribution in [0.5, 0.6) is 11.5 Å². The lowest BCUT2D eigenvalue weighted by molar-refractivity contribution is 0.0724. The van der Waals surface area contributed by atoms with Gasteiger partial charge in [0.1, 0.15) is 5.76 Å². The van der Waals surface area contributed by atoms with Crippen LogP contribution in [0.4, 0.5) is 0 Å². The van der Waals surface area contributed by atoms with Crippen LogP contribution in [0.25, 0.3) is 0 Å². The van der Waals surface area contributed by atoms with Crippen molar-refractivity contribution in [3.63, 3.8) is 0 Å². The summed E-state index contributed by atoms with van der Waals surface area (Å²) >= 11 is 0. The van der Waals surface area contributed by atoms with Gasteiger partial charge in [-0.3, -0.25) is 4.79 Å². The number of aromatic nitrogens is 1. The van der Waals surface area contributed by atoms with Crippen molar-refractivity contribution in [3.05, 3.63) is 41.3 Å². The maximum Gasteiger partial charge on any atom is 0.276 e. The quantitative estimate of drug-likeness (QED) is 0.825. The van der Waals surface area contributed by atoms with Gasteiger partial charge in [-0.15, -0.1) is 0 Å². The zero-order chi connectivity index (χ0) is 18.0. The minimum Gasteiger partial charge on any atom is -0.493 e. The van der Waals surface area contributed by atoms with E-state index < -0.39 is 0 Å². The minimum absolute atomic E-state index is 0.00602. The van der Waals surface area contributed by atoms with Gasteiger partial charge >= 0.3 is 0 Å². The average Bonchev–Trinajstić information content (AvgIpc) is 3.30. The van der Waals surface area contributed by atoms with Gasteiger partial charge in [-0.05, 0) is 30.5 Å². The Hall–Kier alpha value is -2.50. The Labute approximate surface area is 147 Å². The zero-order valence-corrected chi connectivity index (χ0v) is 15.1. The Morgan fingerprint density at radius 3 is 2.64 bits per heavy atom. The number of carbonyl (C=O) groups is 1. The molecule has 1 aromatic heterocycles. The number of benzene rings is 1. The molecule has 2 aromatic rings. The Morgan fingerprint density at radius 1 is 1.24 bits per heavy atom. The predicted octanol–water partition coefficient (Wildman–Crippen LogP) is 3.79. The summed E-state index contributed by atoms with van der Waals surface area (Å²) in [6.07, 6.45) is 1.87. The highest BCUT2D eigenvalue weighted by Gasteiger charge is 2.32. The lowest BCUT2D eigenvalue weighted by atomic mass is 10.0. The summed E-state index contributed by atoms with van der Waals surface area (Å²) in [6, 6.07) is 7.56. The molecule has 0 bridgehead atoms. The van der Waals surface area contributed by atoms with Crippen LogP contribution in [-0.4, -0.2) is 36.7 Å². The molecule has 2 heterocycles. The van der Waals surface area contributed by atoms with Crippen molar-refractivity contribution in [2.24, 2.45) is 0 Å². The van der Waals surface area contributed by atoms with E-state index in [0.29, 0.717) is 23.7 Å². The van der Waals surface area contributed by atoms with Gasteiger partial charge in [0, 0.05) is 18.5 Å². The van der Waals surface area contributed by atoms with Crippen molar-refractivity contribution in [2.45, 2.75) is 38.6 Å². The second kappa shape index (κ2) is 7.17. The zero-order valence-electron chi connectivity index (χ0n) is 15.1. The average molecular weight is 344 g/mol. The van der Waals surface area contributed by atoms with E-state index in [9.17, 15) is 4.79 Å². The van der Waals surface area contributed by atoms with E-state index in [4.69, 9.17) is 14.0 Å². The number of nitrogens with zero attached hydrogens (tertiary/aromatic N) is 2. The fourth-order valence-electron chi connectivity index (χ4n) is 3.23. The van der Waals surface area contributed by atoms with Crippen LogP contribution in [0.1, 0.15) is 60.5 Å². The summed E-state index contributed by atoms with van der Waals surface area (Å²) in [7, 11) is 3.22. The number of amides is 1. The Balaban J connectivity index is 1.85. The van der Waals surface area contributed by atoms with Crippen LogP contribution >= 0.6 is 0 Å². The molecule has 0 N–H and O–H groups in total. The summed E-state index contributed by atoms with van der Waals surface area (Å²) in [5.74, 6) is 2.19. The van der Waals surface area contributed by atoms with Crippen molar-refractivity contribution in [3.8, 4) is 11.5 Å². The van der Waals surface area contributed by atoms with Crippen LogP contribution < -0.4 is 9.47 Å². The molecule has 1 atom stereocenters. The highest BCUT2D eigenvalue weighted by Crippen LogP contribution is 2.37. The highest BCUT2D eigenvalue weighted by molar-refractivity contribution is 5.92. The number of carbonyl (C=O) groups excluding carboxylic acids is 1. The van der Waals surface area contributed by atoms with Gasteiger partial charge in [0.05, 0.1) is 20.3 Å². The van der Waals surface area contributed by atoms with E-state index in [-0.39, 0.29) is 17.9 Å². The largest absolute Gasteiger partial charge is 0.493 e. The minimum atomic E-state index is -0.0899. The smallest absolute Gasteiger partial charge is 0.276 e. The maximum absolute atomic E-state index is 12.9. The first kappa shape index (κ1) is 17.3. The fourth-order valence-corrected chi connectivity index (χ4v) is 3.23. The van der Waals surface area contributed by atoms with Gasteiger partial charge in [0.15, 0.2) is 17.2 Å². The number of rotatable bonds is 5. The summed E-state index contributed by atoms with van der Waals surface area (Å²) in [5.41, 5.74) is 1.41. The van der Waals surface area contributed by atoms with E-state index in [0.717, 1.165) is 24.2 Å². The van der Waals surface area contributed by atoms with E-state index in [1.807, 2.05) is 36.9 Å². The molecule has 0 unspecified atom stereocenters. The molecule has 1 aliphatic heterocycles. The van der Waals surface area contributed by atoms with Crippen LogP contribution in [0.2, 0.25) is 0 Å². The molecule has 25 heavy (non-hydrogen) atoms. The topological polar surface area (TPSA) is 64.8 Å². The molecule has 6 heteroatoms. The molecule has 0 saturated carbocycles.